The summed E-state index contributed by atoms with van der Waals surface area (Å²) in [5.74, 6) is -0.447. The molecule has 0 rings (SSSR count). The molecule has 3 N–H and O–H groups in total. The van der Waals surface area contributed by atoms with Gasteiger partial charge in [-0.25, -0.2) is 0 Å². The molecule has 0 aliphatic heterocycles. The summed E-state index contributed by atoms with van der Waals surface area (Å²) >= 11 is 0. The Bertz CT molecular complexity index is 898. The molecule has 0 saturated carbocycles. The maximum atomic E-state index is 13.2. The van der Waals surface area contributed by atoms with Crippen molar-refractivity contribution in [3.8, 4) is 0 Å². The number of carbonyl (C=O) groups excluding carboxylic acids is 2. The van der Waals surface area contributed by atoms with Crippen molar-refractivity contribution in [3.63, 3.8) is 0 Å². The van der Waals surface area contributed by atoms with Gasteiger partial charge in [0.25, 0.3) is 0 Å². The number of carbonyl (C=O) groups is 2. The lowest BCUT2D eigenvalue weighted by atomic mass is 10.0. The SMILES string of the molecule is CCCCCCCCCCCCCCCCCCC(O)C(CO)NC(=O)CC(CCCCCCCCCCCCCCCC)OC(=O)CCCCCCCCCCCCCCC. The van der Waals surface area contributed by atoms with Gasteiger partial charge in [0, 0.05) is 6.42 Å². The molecule has 0 aromatic heterocycles. The zero-order valence-corrected chi connectivity index (χ0v) is 42.3. The lowest BCUT2D eigenvalue weighted by Gasteiger charge is -2.24. The van der Waals surface area contributed by atoms with E-state index in [0.29, 0.717) is 19.3 Å². The van der Waals surface area contributed by atoms with Gasteiger partial charge in [0.2, 0.25) is 5.91 Å². The number of rotatable bonds is 52. The molecule has 0 aromatic rings. The highest BCUT2D eigenvalue weighted by molar-refractivity contribution is 5.77. The van der Waals surface area contributed by atoms with E-state index < -0.39 is 18.2 Å². The third kappa shape index (κ3) is 45.4. The van der Waals surface area contributed by atoms with Gasteiger partial charge in [0.15, 0.2) is 0 Å². The molecule has 0 fully saturated rings. The van der Waals surface area contributed by atoms with Gasteiger partial charge in [-0.1, -0.05) is 284 Å². The van der Waals surface area contributed by atoms with E-state index in [0.717, 1.165) is 38.5 Å². The molecule has 0 aliphatic carbocycles. The van der Waals surface area contributed by atoms with Crippen LogP contribution in [0.15, 0.2) is 0 Å². The van der Waals surface area contributed by atoms with Crippen LogP contribution in [-0.4, -0.2) is 46.9 Å². The minimum absolute atomic E-state index is 0.0883. The Morgan fingerprint density at radius 3 is 0.984 bits per heavy atom. The predicted octanol–water partition coefficient (Wildman–Crippen LogP) is 17.1. The summed E-state index contributed by atoms with van der Waals surface area (Å²) < 4.78 is 5.96. The Balaban J connectivity index is 4.47. The smallest absolute Gasteiger partial charge is 0.306 e. The molecule has 3 atom stereocenters. The summed E-state index contributed by atoms with van der Waals surface area (Å²) in [6.07, 6.45) is 55.9. The van der Waals surface area contributed by atoms with Crippen LogP contribution in [0.2, 0.25) is 0 Å². The topological polar surface area (TPSA) is 95.9 Å². The monoisotopic (exact) mass is 878 g/mol. The number of unbranched alkanes of at least 4 members (excludes halogenated alkanes) is 40. The molecular formula is C56H111NO5. The van der Waals surface area contributed by atoms with Crippen LogP contribution in [0.25, 0.3) is 0 Å². The predicted molar refractivity (Wildman–Crippen MR) is 269 cm³/mol. The molecular weight excluding hydrogens is 767 g/mol. The molecule has 0 spiro atoms. The maximum Gasteiger partial charge on any atom is 0.306 e. The van der Waals surface area contributed by atoms with Crippen molar-refractivity contribution < 1.29 is 24.5 Å². The second kappa shape index (κ2) is 50.9. The highest BCUT2D eigenvalue weighted by Crippen LogP contribution is 2.19. The van der Waals surface area contributed by atoms with Crippen molar-refractivity contribution in [3.05, 3.63) is 0 Å². The largest absolute Gasteiger partial charge is 0.462 e. The van der Waals surface area contributed by atoms with E-state index in [9.17, 15) is 19.8 Å². The molecule has 6 nitrogen and oxygen atoms in total. The van der Waals surface area contributed by atoms with E-state index in [1.807, 2.05) is 0 Å². The van der Waals surface area contributed by atoms with Crippen LogP contribution in [0.1, 0.15) is 323 Å². The number of nitrogens with one attached hydrogen (secondary N) is 1. The molecule has 0 saturated heterocycles. The molecule has 0 heterocycles. The zero-order chi connectivity index (χ0) is 45.2. The molecule has 1 amide bonds. The average Bonchev–Trinajstić information content (AvgIpc) is 3.26. The molecule has 3 unspecified atom stereocenters. The first-order chi connectivity index (χ1) is 30.5. The highest BCUT2D eigenvalue weighted by atomic mass is 16.5. The van der Waals surface area contributed by atoms with E-state index in [2.05, 4.69) is 26.1 Å². The Morgan fingerprint density at radius 1 is 0.403 bits per heavy atom. The van der Waals surface area contributed by atoms with Gasteiger partial charge in [-0.2, -0.15) is 0 Å². The zero-order valence-electron chi connectivity index (χ0n) is 42.3. The third-order valence-corrected chi connectivity index (χ3v) is 13.4. The van der Waals surface area contributed by atoms with Crippen molar-refractivity contribution >= 4 is 11.9 Å². The summed E-state index contributed by atoms with van der Waals surface area (Å²) in [7, 11) is 0. The fourth-order valence-electron chi connectivity index (χ4n) is 9.14. The van der Waals surface area contributed by atoms with Gasteiger partial charge in [-0.3, -0.25) is 9.59 Å². The van der Waals surface area contributed by atoms with Crippen molar-refractivity contribution in [1.29, 1.82) is 0 Å². The first-order valence-corrected chi connectivity index (χ1v) is 28.3. The van der Waals surface area contributed by atoms with Crippen LogP contribution in [0.5, 0.6) is 0 Å². The second-order valence-corrected chi connectivity index (χ2v) is 19.7. The van der Waals surface area contributed by atoms with Crippen molar-refractivity contribution in [1.82, 2.24) is 5.32 Å². The van der Waals surface area contributed by atoms with Crippen LogP contribution in [0.3, 0.4) is 0 Å². The van der Waals surface area contributed by atoms with E-state index >= 15 is 0 Å². The summed E-state index contributed by atoms with van der Waals surface area (Å²) in [5, 5.41) is 23.9. The number of aliphatic hydroxyl groups excluding tert-OH is 2. The summed E-state index contributed by atoms with van der Waals surface area (Å²) in [5.41, 5.74) is 0. The maximum absolute atomic E-state index is 13.2. The van der Waals surface area contributed by atoms with Crippen molar-refractivity contribution in [2.75, 3.05) is 6.61 Å². The average molecular weight is 879 g/mol. The summed E-state index contributed by atoms with van der Waals surface area (Å²) in [4.78, 5) is 26.2. The highest BCUT2D eigenvalue weighted by Gasteiger charge is 2.24. The molecule has 0 radical (unpaired) electrons. The van der Waals surface area contributed by atoms with Crippen LogP contribution < -0.4 is 5.32 Å². The quantitative estimate of drug-likeness (QED) is 0.0418. The molecule has 370 valence electrons. The number of esters is 1. The number of amides is 1. The normalized spacial score (nSPS) is 13.0. The summed E-state index contributed by atoms with van der Waals surface area (Å²) in [6.45, 7) is 6.53. The Kier molecular flexibility index (Phi) is 49.9. The van der Waals surface area contributed by atoms with Gasteiger partial charge in [0.1, 0.15) is 6.10 Å². The lowest BCUT2D eigenvalue weighted by molar-refractivity contribution is -0.151. The molecule has 0 aromatic carbocycles. The minimum Gasteiger partial charge on any atom is -0.462 e. The molecule has 0 aliphatic rings. The molecule has 62 heavy (non-hydrogen) atoms. The Morgan fingerprint density at radius 2 is 0.677 bits per heavy atom. The number of ether oxygens (including phenoxy) is 1. The van der Waals surface area contributed by atoms with Gasteiger partial charge in [-0.05, 0) is 25.7 Å². The standard InChI is InChI=1S/C56H111NO5/c1-4-7-10-13-16-19-22-25-27-28-31-33-36-39-42-45-48-54(59)53(51-58)57-55(60)50-52(47-44-41-38-35-32-30-26-23-20-17-14-11-8-5-2)62-56(61)49-46-43-40-37-34-29-24-21-18-15-12-9-6-3/h52-54,58-59H,4-51H2,1-3H3,(H,57,60). The number of aliphatic hydroxyl groups is 2. The van der Waals surface area contributed by atoms with E-state index in [1.165, 1.54) is 238 Å². The van der Waals surface area contributed by atoms with E-state index in [1.54, 1.807) is 0 Å². The van der Waals surface area contributed by atoms with Gasteiger partial charge < -0.3 is 20.3 Å². The fourth-order valence-corrected chi connectivity index (χ4v) is 9.14. The second-order valence-electron chi connectivity index (χ2n) is 19.7. The molecule has 6 heteroatoms. The van der Waals surface area contributed by atoms with E-state index in [-0.39, 0.29) is 24.9 Å². The number of hydrogen-bond donors (Lipinski definition) is 3. The van der Waals surface area contributed by atoms with Gasteiger partial charge in [-0.15, -0.1) is 0 Å². The van der Waals surface area contributed by atoms with Crippen LogP contribution >= 0.6 is 0 Å². The first-order valence-electron chi connectivity index (χ1n) is 28.3. The summed E-state index contributed by atoms with van der Waals surface area (Å²) in [6, 6.07) is -0.693. The molecule has 0 bridgehead atoms. The Labute approximate surface area is 387 Å². The lowest BCUT2D eigenvalue weighted by Crippen LogP contribution is -2.46. The number of hydrogen-bond acceptors (Lipinski definition) is 5. The first kappa shape index (κ1) is 60.9. The Hall–Kier alpha value is -1.14. The van der Waals surface area contributed by atoms with Crippen molar-refractivity contribution in [2.24, 2.45) is 0 Å². The van der Waals surface area contributed by atoms with Crippen LogP contribution in [-0.2, 0) is 14.3 Å². The van der Waals surface area contributed by atoms with Crippen LogP contribution in [0, 0.1) is 0 Å². The van der Waals surface area contributed by atoms with Gasteiger partial charge in [0.05, 0.1) is 25.2 Å². The minimum atomic E-state index is -0.780. The van der Waals surface area contributed by atoms with Gasteiger partial charge >= 0.3 is 5.97 Å². The fraction of sp³-hybridized carbons (Fsp3) is 0.964. The third-order valence-electron chi connectivity index (χ3n) is 13.4. The van der Waals surface area contributed by atoms with Crippen molar-refractivity contribution in [2.45, 2.75) is 341 Å². The van der Waals surface area contributed by atoms with Crippen LogP contribution in [0.4, 0.5) is 0 Å². The van der Waals surface area contributed by atoms with E-state index in [4.69, 9.17) is 4.74 Å².